The average Bonchev–Trinajstić information content (AvgIpc) is 3.38. The number of nitrogens with zero attached hydrogens (tertiary/aromatic N) is 2. The second-order valence-corrected chi connectivity index (χ2v) is 6.81. The van der Waals surface area contributed by atoms with E-state index < -0.39 is 5.60 Å². The molecule has 1 aliphatic carbocycles. The van der Waals surface area contributed by atoms with Crippen LogP contribution in [-0.2, 0) is 0 Å². The lowest BCUT2D eigenvalue weighted by Crippen LogP contribution is -2.49. The first kappa shape index (κ1) is 17.5. The fourth-order valence-corrected chi connectivity index (χ4v) is 3.06. The first-order valence-electron chi connectivity index (χ1n) is 9.11. The zero-order valence-corrected chi connectivity index (χ0v) is 14.6. The van der Waals surface area contributed by atoms with Gasteiger partial charge < -0.3 is 20.6 Å². The van der Waals surface area contributed by atoms with E-state index in [1.165, 1.54) is 38.8 Å². The van der Waals surface area contributed by atoms with Gasteiger partial charge in [-0.25, -0.2) is 0 Å². The quantitative estimate of drug-likeness (QED) is 0.495. The van der Waals surface area contributed by atoms with Crippen molar-refractivity contribution in [1.29, 1.82) is 0 Å². The summed E-state index contributed by atoms with van der Waals surface area (Å²) in [6.07, 6.45) is 6.65. The van der Waals surface area contributed by atoms with Crippen molar-refractivity contribution in [3.63, 3.8) is 0 Å². The number of aliphatic imine (C=N–C) groups is 1. The molecular formula is C17H34N4O. The summed E-state index contributed by atoms with van der Waals surface area (Å²) in [5.74, 6) is 0.854. The van der Waals surface area contributed by atoms with Gasteiger partial charge in [-0.15, -0.1) is 0 Å². The van der Waals surface area contributed by atoms with Crippen LogP contribution in [-0.4, -0.2) is 59.8 Å². The molecule has 1 saturated carbocycles. The predicted molar refractivity (Wildman–Crippen MR) is 92.3 cm³/mol. The maximum atomic E-state index is 10.4. The fourth-order valence-electron chi connectivity index (χ4n) is 3.06. The molecule has 0 radical (unpaired) electrons. The topological polar surface area (TPSA) is 59.9 Å². The summed E-state index contributed by atoms with van der Waals surface area (Å²) in [6.45, 7) is 9.85. The minimum absolute atomic E-state index is 0.469. The lowest BCUT2D eigenvalue weighted by Gasteiger charge is -2.33. The van der Waals surface area contributed by atoms with Crippen molar-refractivity contribution < 1.29 is 5.11 Å². The van der Waals surface area contributed by atoms with E-state index in [2.05, 4.69) is 27.4 Å². The summed E-state index contributed by atoms with van der Waals surface area (Å²) in [6, 6.07) is 1.39. The summed E-state index contributed by atoms with van der Waals surface area (Å²) in [5.41, 5.74) is -0.669. The molecule has 5 heteroatoms. The van der Waals surface area contributed by atoms with Gasteiger partial charge in [0, 0.05) is 31.7 Å². The molecule has 0 aromatic carbocycles. The number of likely N-dealkylation sites (tertiary alicyclic amines) is 1. The van der Waals surface area contributed by atoms with Crippen molar-refractivity contribution in [3.8, 4) is 0 Å². The van der Waals surface area contributed by atoms with E-state index in [1.54, 1.807) is 0 Å². The van der Waals surface area contributed by atoms with Gasteiger partial charge in [0.2, 0.25) is 0 Å². The monoisotopic (exact) mass is 310 g/mol. The number of hydrogen-bond acceptors (Lipinski definition) is 3. The van der Waals surface area contributed by atoms with Crippen LogP contribution in [0.5, 0.6) is 0 Å². The molecule has 3 N–H and O–H groups in total. The Morgan fingerprint density at radius 1 is 1.14 bits per heavy atom. The Morgan fingerprint density at radius 2 is 1.77 bits per heavy atom. The summed E-state index contributed by atoms with van der Waals surface area (Å²) >= 11 is 0. The van der Waals surface area contributed by atoms with E-state index in [0.29, 0.717) is 12.6 Å². The van der Waals surface area contributed by atoms with E-state index >= 15 is 0 Å². The normalized spacial score (nSPS) is 21.9. The first-order chi connectivity index (χ1) is 10.6. The minimum Gasteiger partial charge on any atom is -0.388 e. The molecule has 0 aromatic rings. The van der Waals surface area contributed by atoms with Crippen LogP contribution >= 0.6 is 0 Å². The Hall–Kier alpha value is -0.810. The van der Waals surface area contributed by atoms with Gasteiger partial charge in [0.15, 0.2) is 5.96 Å². The fraction of sp³-hybridized carbons (Fsp3) is 0.941. The van der Waals surface area contributed by atoms with Gasteiger partial charge in [-0.05, 0) is 45.4 Å². The van der Waals surface area contributed by atoms with Crippen molar-refractivity contribution in [3.05, 3.63) is 0 Å². The summed E-state index contributed by atoms with van der Waals surface area (Å²) in [4.78, 5) is 7.25. The van der Waals surface area contributed by atoms with Crippen LogP contribution in [0.3, 0.4) is 0 Å². The molecule has 2 fully saturated rings. The zero-order chi connectivity index (χ0) is 16.0. The number of rotatable bonds is 7. The number of guanidine groups is 1. The van der Waals surface area contributed by atoms with E-state index in [-0.39, 0.29) is 0 Å². The Balaban J connectivity index is 1.82. The maximum absolute atomic E-state index is 10.4. The molecule has 1 heterocycles. The summed E-state index contributed by atoms with van der Waals surface area (Å²) in [7, 11) is 0. The van der Waals surface area contributed by atoms with Crippen LogP contribution in [0.25, 0.3) is 0 Å². The second-order valence-electron chi connectivity index (χ2n) is 6.81. The molecule has 22 heavy (non-hydrogen) atoms. The lowest BCUT2D eigenvalue weighted by molar-refractivity contribution is 0.0417. The third kappa shape index (κ3) is 5.13. The molecule has 128 valence electrons. The van der Waals surface area contributed by atoms with Crippen LogP contribution in [0, 0.1) is 0 Å². The summed E-state index contributed by atoms with van der Waals surface area (Å²) < 4.78 is 0. The lowest BCUT2D eigenvalue weighted by atomic mass is 9.98. The number of aliphatic hydroxyl groups is 1. The largest absolute Gasteiger partial charge is 0.388 e. The average molecular weight is 310 g/mol. The number of hydrogen-bond donors (Lipinski definition) is 3. The van der Waals surface area contributed by atoms with Gasteiger partial charge in [0.05, 0.1) is 12.1 Å². The molecule has 1 saturated heterocycles. The molecule has 0 amide bonds. The Labute approximate surface area is 135 Å². The zero-order valence-electron chi connectivity index (χ0n) is 14.6. The molecule has 1 aliphatic heterocycles. The van der Waals surface area contributed by atoms with E-state index in [9.17, 15) is 5.11 Å². The van der Waals surface area contributed by atoms with Crippen LogP contribution in [0.15, 0.2) is 4.99 Å². The molecule has 0 spiro atoms. The Kier molecular flexibility index (Phi) is 6.50. The van der Waals surface area contributed by atoms with Gasteiger partial charge in [-0.3, -0.25) is 4.99 Å². The van der Waals surface area contributed by atoms with E-state index in [4.69, 9.17) is 0 Å². The van der Waals surface area contributed by atoms with Gasteiger partial charge in [-0.1, -0.05) is 13.8 Å². The molecular weight excluding hydrogens is 276 g/mol. The molecule has 0 aromatic heterocycles. The van der Waals surface area contributed by atoms with Gasteiger partial charge >= 0.3 is 0 Å². The highest BCUT2D eigenvalue weighted by Crippen LogP contribution is 2.29. The molecule has 2 rings (SSSR count). The highest BCUT2D eigenvalue weighted by Gasteiger charge is 2.32. The standard InChI is InChI=1S/C17H34N4O/c1-4-17(22,5-2)13-19-16(18-6-3)20-14-9-11-21(12-10-14)15-7-8-15/h14-15,22H,4-13H2,1-3H3,(H2,18,19,20). The molecule has 5 nitrogen and oxygen atoms in total. The van der Waals surface area contributed by atoms with E-state index in [0.717, 1.165) is 31.4 Å². The van der Waals surface area contributed by atoms with Crippen LogP contribution in [0.2, 0.25) is 0 Å². The number of piperidine rings is 1. The molecule has 0 unspecified atom stereocenters. The van der Waals surface area contributed by atoms with Crippen molar-refractivity contribution >= 4 is 5.96 Å². The maximum Gasteiger partial charge on any atom is 0.191 e. The molecule has 0 bridgehead atoms. The predicted octanol–water partition coefficient (Wildman–Crippen LogP) is 1.72. The Bertz CT molecular complexity index is 356. The van der Waals surface area contributed by atoms with Crippen molar-refractivity contribution in [2.75, 3.05) is 26.2 Å². The van der Waals surface area contributed by atoms with Gasteiger partial charge in [0.1, 0.15) is 0 Å². The van der Waals surface area contributed by atoms with Crippen LogP contribution in [0.1, 0.15) is 59.3 Å². The molecule has 2 aliphatic rings. The number of nitrogens with one attached hydrogen (secondary N) is 2. The van der Waals surface area contributed by atoms with Crippen molar-refractivity contribution in [1.82, 2.24) is 15.5 Å². The molecule has 0 atom stereocenters. The van der Waals surface area contributed by atoms with Gasteiger partial charge in [-0.2, -0.15) is 0 Å². The Morgan fingerprint density at radius 3 is 2.27 bits per heavy atom. The second kappa shape index (κ2) is 8.16. The van der Waals surface area contributed by atoms with E-state index in [1.807, 2.05) is 13.8 Å². The highest BCUT2D eigenvalue weighted by atomic mass is 16.3. The van der Waals surface area contributed by atoms with Crippen LogP contribution in [0.4, 0.5) is 0 Å². The van der Waals surface area contributed by atoms with Gasteiger partial charge in [0.25, 0.3) is 0 Å². The third-order valence-corrected chi connectivity index (χ3v) is 5.13. The smallest absolute Gasteiger partial charge is 0.191 e. The minimum atomic E-state index is -0.669. The van der Waals surface area contributed by atoms with Crippen molar-refractivity contribution in [2.24, 2.45) is 4.99 Å². The SMILES string of the molecule is CCNC(=NCC(O)(CC)CC)NC1CCN(C2CC2)CC1. The summed E-state index contributed by atoms with van der Waals surface area (Å²) in [5, 5.41) is 17.3. The van der Waals surface area contributed by atoms with Crippen molar-refractivity contribution in [2.45, 2.75) is 77.0 Å². The highest BCUT2D eigenvalue weighted by molar-refractivity contribution is 5.80. The third-order valence-electron chi connectivity index (χ3n) is 5.13. The van der Waals surface area contributed by atoms with Crippen LogP contribution < -0.4 is 10.6 Å². The first-order valence-corrected chi connectivity index (χ1v) is 9.11.